The number of hydrogen-bond acceptors (Lipinski definition) is 6. The van der Waals surface area contributed by atoms with Crippen molar-refractivity contribution in [3.05, 3.63) is 75.5 Å². The standard InChI is InChI=1S/C29H32IN3O6/c1-2-24(35)29(38)33(13-11-20-15-18-7-3-5-9-22(18)32-20)23-16-19(28(37)31-12-14-34)17-26(27(23)36)39-25-10-6-4-8-21(25)30/h3-10,15,17,23,26-27,32,34,36H,2,11-14,16H2,1H3,(H,31,37)/t23-,26+,27+/m1/s1. The Morgan fingerprint density at radius 3 is 2.62 bits per heavy atom. The molecular weight excluding hydrogens is 613 g/mol. The summed E-state index contributed by atoms with van der Waals surface area (Å²) in [6.07, 6.45) is -0.134. The van der Waals surface area contributed by atoms with E-state index in [0.29, 0.717) is 17.7 Å². The van der Waals surface area contributed by atoms with E-state index in [-0.39, 0.29) is 32.5 Å². The third-order valence-corrected chi connectivity index (χ3v) is 7.63. The topological polar surface area (TPSA) is 132 Å². The van der Waals surface area contributed by atoms with Crippen molar-refractivity contribution in [2.45, 2.75) is 44.4 Å². The molecule has 10 heteroatoms. The van der Waals surface area contributed by atoms with Crippen molar-refractivity contribution in [1.29, 1.82) is 0 Å². The zero-order valence-electron chi connectivity index (χ0n) is 21.6. The van der Waals surface area contributed by atoms with Crippen molar-refractivity contribution in [2.24, 2.45) is 0 Å². The summed E-state index contributed by atoms with van der Waals surface area (Å²) in [5, 5.41) is 24.3. The second-order valence-corrected chi connectivity index (χ2v) is 10.5. The molecule has 1 heterocycles. The molecule has 0 bridgehead atoms. The van der Waals surface area contributed by atoms with Crippen molar-refractivity contribution >= 4 is 51.1 Å². The number of aliphatic hydroxyl groups excluding tert-OH is 2. The number of Topliss-reactive ketones (excluding diaryl/α,β-unsaturated/α-hetero) is 1. The summed E-state index contributed by atoms with van der Waals surface area (Å²) >= 11 is 2.12. The Morgan fingerprint density at radius 1 is 1.15 bits per heavy atom. The molecule has 1 aliphatic carbocycles. The largest absolute Gasteiger partial charge is 0.482 e. The molecule has 2 aromatic carbocycles. The molecule has 0 radical (unpaired) electrons. The third kappa shape index (κ3) is 6.87. The number of aromatic amines is 1. The van der Waals surface area contributed by atoms with Gasteiger partial charge in [0.2, 0.25) is 11.7 Å². The lowest BCUT2D eigenvalue weighted by atomic mass is 9.87. The first-order valence-corrected chi connectivity index (χ1v) is 14.0. The number of ketones is 1. The van der Waals surface area contributed by atoms with Gasteiger partial charge in [-0.05, 0) is 58.3 Å². The van der Waals surface area contributed by atoms with Gasteiger partial charge in [-0.25, -0.2) is 0 Å². The average molecular weight is 645 g/mol. The van der Waals surface area contributed by atoms with Crippen LogP contribution < -0.4 is 10.1 Å². The predicted octanol–water partition coefficient (Wildman–Crippen LogP) is 2.74. The SMILES string of the molecule is CCC(=O)C(=O)N(CCc1cc2ccccc2[nH]1)[C@@H]1CC(C(=O)NCCO)=C[C@H](Oc2ccccc2I)[C@H]1O. The summed E-state index contributed by atoms with van der Waals surface area (Å²) in [4.78, 5) is 43.6. The molecule has 0 saturated heterocycles. The number of rotatable bonds is 11. The number of carbonyl (C=O) groups is 3. The van der Waals surface area contributed by atoms with E-state index in [1.54, 1.807) is 25.1 Å². The molecule has 0 saturated carbocycles. The molecular formula is C29H32IN3O6. The number of nitrogens with one attached hydrogen (secondary N) is 2. The van der Waals surface area contributed by atoms with Crippen molar-refractivity contribution in [3.8, 4) is 5.75 Å². The number of hydrogen-bond donors (Lipinski definition) is 4. The normalized spacial score (nSPS) is 18.9. The lowest BCUT2D eigenvalue weighted by Gasteiger charge is -2.40. The first-order valence-electron chi connectivity index (χ1n) is 12.9. The van der Waals surface area contributed by atoms with Gasteiger partial charge in [-0.2, -0.15) is 0 Å². The van der Waals surface area contributed by atoms with Crippen LogP contribution in [0.3, 0.4) is 0 Å². The van der Waals surface area contributed by atoms with Crippen LogP contribution in [0.4, 0.5) is 0 Å². The van der Waals surface area contributed by atoms with Crippen LogP contribution in [-0.2, 0) is 20.8 Å². The number of aliphatic hydroxyl groups is 2. The molecule has 3 atom stereocenters. The second-order valence-electron chi connectivity index (χ2n) is 9.35. The fourth-order valence-corrected chi connectivity index (χ4v) is 5.22. The number of amides is 2. The zero-order valence-corrected chi connectivity index (χ0v) is 23.8. The van der Waals surface area contributed by atoms with E-state index in [2.05, 4.69) is 32.9 Å². The minimum Gasteiger partial charge on any atom is -0.482 e. The van der Waals surface area contributed by atoms with Gasteiger partial charge in [-0.3, -0.25) is 14.4 Å². The number of H-pyrrole nitrogens is 1. The molecule has 0 fully saturated rings. The quantitative estimate of drug-likeness (QED) is 0.188. The van der Waals surface area contributed by atoms with E-state index < -0.39 is 35.8 Å². The fraction of sp³-hybridized carbons (Fsp3) is 0.345. The number of para-hydroxylation sites is 2. The number of halogens is 1. The van der Waals surface area contributed by atoms with E-state index in [4.69, 9.17) is 4.74 Å². The van der Waals surface area contributed by atoms with Gasteiger partial charge in [-0.1, -0.05) is 37.3 Å². The number of carbonyl (C=O) groups excluding carboxylic acids is 3. The Balaban J connectivity index is 1.65. The molecule has 39 heavy (non-hydrogen) atoms. The highest BCUT2D eigenvalue weighted by Crippen LogP contribution is 2.30. The molecule has 9 nitrogen and oxygen atoms in total. The first kappa shape index (κ1) is 28.8. The van der Waals surface area contributed by atoms with Crippen LogP contribution in [0.25, 0.3) is 10.9 Å². The number of benzene rings is 2. The van der Waals surface area contributed by atoms with Crippen LogP contribution in [0.5, 0.6) is 5.75 Å². The van der Waals surface area contributed by atoms with Crippen LogP contribution in [0, 0.1) is 3.57 Å². The monoisotopic (exact) mass is 645 g/mol. The van der Waals surface area contributed by atoms with Gasteiger partial charge in [0, 0.05) is 49.1 Å². The maximum Gasteiger partial charge on any atom is 0.290 e. The summed E-state index contributed by atoms with van der Waals surface area (Å²) in [6, 6.07) is 16.2. The van der Waals surface area contributed by atoms with Gasteiger partial charge < -0.3 is 30.2 Å². The number of fused-ring (bicyclic) bond motifs is 1. The number of ether oxygens (including phenoxy) is 1. The van der Waals surface area contributed by atoms with Crippen LogP contribution in [-0.4, -0.2) is 75.6 Å². The van der Waals surface area contributed by atoms with Crippen molar-refractivity contribution in [1.82, 2.24) is 15.2 Å². The lowest BCUT2D eigenvalue weighted by molar-refractivity contribution is -0.149. The van der Waals surface area contributed by atoms with E-state index in [0.717, 1.165) is 20.2 Å². The fourth-order valence-electron chi connectivity index (χ4n) is 4.70. The molecule has 1 aromatic heterocycles. The van der Waals surface area contributed by atoms with E-state index in [9.17, 15) is 24.6 Å². The highest BCUT2D eigenvalue weighted by Gasteiger charge is 2.41. The van der Waals surface area contributed by atoms with Gasteiger partial charge in [0.15, 0.2) is 0 Å². The summed E-state index contributed by atoms with van der Waals surface area (Å²) in [7, 11) is 0. The maximum absolute atomic E-state index is 13.3. The van der Waals surface area contributed by atoms with Crippen LogP contribution in [0.1, 0.15) is 25.5 Å². The Kier molecular flexibility index (Phi) is 9.76. The molecule has 1 aliphatic rings. The molecule has 4 rings (SSSR count). The molecule has 4 N–H and O–H groups in total. The predicted molar refractivity (Wildman–Crippen MR) is 155 cm³/mol. The summed E-state index contributed by atoms with van der Waals surface area (Å²) in [5.74, 6) is -1.19. The Hall–Kier alpha value is -3.22. The molecule has 2 amide bonds. The molecule has 0 aliphatic heterocycles. The Morgan fingerprint density at radius 2 is 1.90 bits per heavy atom. The maximum atomic E-state index is 13.3. The number of aromatic nitrogens is 1. The highest BCUT2D eigenvalue weighted by atomic mass is 127. The van der Waals surface area contributed by atoms with Crippen LogP contribution in [0.2, 0.25) is 0 Å². The summed E-state index contributed by atoms with van der Waals surface area (Å²) in [6.45, 7) is 1.60. The van der Waals surface area contributed by atoms with Gasteiger partial charge in [0.25, 0.3) is 5.91 Å². The highest BCUT2D eigenvalue weighted by molar-refractivity contribution is 14.1. The van der Waals surface area contributed by atoms with Crippen LogP contribution >= 0.6 is 22.6 Å². The minimum absolute atomic E-state index is 0.0202. The molecule has 0 unspecified atom stereocenters. The van der Waals surface area contributed by atoms with Crippen LogP contribution in [0.15, 0.2) is 66.2 Å². The van der Waals surface area contributed by atoms with Crippen molar-refractivity contribution < 1.29 is 29.3 Å². The van der Waals surface area contributed by atoms with Gasteiger partial charge in [-0.15, -0.1) is 0 Å². The smallest absolute Gasteiger partial charge is 0.290 e. The number of nitrogens with zero attached hydrogens (tertiary/aromatic N) is 1. The van der Waals surface area contributed by atoms with Gasteiger partial charge in [0.05, 0.1) is 16.2 Å². The average Bonchev–Trinajstić information content (AvgIpc) is 3.37. The zero-order chi connectivity index (χ0) is 27.9. The molecule has 206 valence electrons. The van der Waals surface area contributed by atoms with Gasteiger partial charge in [0.1, 0.15) is 18.0 Å². The van der Waals surface area contributed by atoms with Crippen molar-refractivity contribution in [3.63, 3.8) is 0 Å². The summed E-state index contributed by atoms with van der Waals surface area (Å²) < 4.78 is 6.96. The third-order valence-electron chi connectivity index (χ3n) is 6.74. The Labute approximate surface area is 240 Å². The van der Waals surface area contributed by atoms with Crippen molar-refractivity contribution in [2.75, 3.05) is 19.7 Å². The molecule has 0 spiro atoms. The van der Waals surface area contributed by atoms with E-state index >= 15 is 0 Å². The minimum atomic E-state index is -1.20. The molecule has 3 aromatic rings. The lowest BCUT2D eigenvalue weighted by Crippen LogP contribution is -2.56. The Bertz CT molecular complexity index is 1340. The second kappa shape index (κ2) is 13.2. The summed E-state index contributed by atoms with van der Waals surface area (Å²) in [5.41, 5.74) is 2.15. The van der Waals surface area contributed by atoms with E-state index in [1.807, 2.05) is 42.5 Å². The van der Waals surface area contributed by atoms with E-state index in [1.165, 1.54) is 4.90 Å². The van der Waals surface area contributed by atoms with Gasteiger partial charge >= 0.3 is 0 Å². The first-order chi connectivity index (χ1) is 18.8.